The van der Waals surface area contributed by atoms with Gasteiger partial charge in [0, 0.05) is 12.2 Å². The van der Waals surface area contributed by atoms with E-state index in [1.54, 1.807) is 0 Å². The highest BCUT2D eigenvalue weighted by Crippen LogP contribution is 2.23. The van der Waals surface area contributed by atoms with Crippen LogP contribution in [0.3, 0.4) is 0 Å². The number of sulfonamides is 1. The number of hydrogen-bond donors (Lipinski definition) is 3. The lowest BCUT2D eigenvalue weighted by molar-refractivity contribution is -0.149. The first-order valence-corrected chi connectivity index (χ1v) is 6.94. The van der Waals surface area contributed by atoms with Crippen molar-refractivity contribution < 1.29 is 23.1 Å². The van der Waals surface area contributed by atoms with E-state index in [0.717, 1.165) is 7.11 Å². The third-order valence-electron chi connectivity index (χ3n) is 2.19. The summed E-state index contributed by atoms with van der Waals surface area (Å²) < 4.78 is 30.1. The number of nitrogens with one attached hydrogen (secondary N) is 1. The number of rotatable bonds is 5. The lowest BCUT2D eigenvalue weighted by Crippen LogP contribution is -2.37. The summed E-state index contributed by atoms with van der Waals surface area (Å²) >= 11 is 5.77. The monoisotopic (exact) mass is 308 g/mol. The number of aliphatic hydroxyl groups excluding tert-OH is 1. The molecule has 106 valence electrons. The van der Waals surface area contributed by atoms with Crippen LogP contribution in [0.5, 0.6) is 0 Å². The van der Waals surface area contributed by atoms with Crippen LogP contribution in [-0.4, -0.2) is 39.3 Å². The highest BCUT2D eigenvalue weighted by atomic mass is 35.5. The summed E-state index contributed by atoms with van der Waals surface area (Å²) in [6.45, 7) is -0.518. The van der Waals surface area contributed by atoms with Crippen LogP contribution in [0.15, 0.2) is 23.1 Å². The quantitative estimate of drug-likeness (QED) is 0.509. The maximum absolute atomic E-state index is 11.9. The largest absolute Gasteiger partial charge is 0.467 e. The zero-order chi connectivity index (χ0) is 14.6. The number of methoxy groups -OCH3 is 1. The standard InChI is InChI=1S/C10H13ClN2O5S/c1-18-10(15)8(14)5-13-19(16,17)9-3-2-6(12)4-7(9)11/h2-4,8,13-14H,5,12H2,1H3. The molecular weight excluding hydrogens is 296 g/mol. The zero-order valence-electron chi connectivity index (χ0n) is 9.96. The molecule has 4 N–H and O–H groups in total. The normalized spacial score (nSPS) is 13.0. The molecule has 0 aromatic heterocycles. The van der Waals surface area contributed by atoms with Gasteiger partial charge in [0.1, 0.15) is 4.90 Å². The minimum absolute atomic E-state index is 0.0555. The molecule has 0 bridgehead atoms. The Morgan fingerprint density at radius 2 is 2.21 bits per heavy atom. The minimum Gasteiger partial charge on any atom is -0.467 e. The number of aliphatic hydroxyl groups is 1. The molecule has 1 rings (SSSR count). The third kappa shape index (κ3) is 4.06. The maximum atomic E-state index is 11.9. The fraction of sp³-hybridized carbons (Fsp3) is 0.300. The van der Waals surface area contributed by atoms with E-state index in [4.69, 9.17) is 17.3 Å². The average molecular weight is 309 g/mol. The minimum atomic E-state index is -3.95. The number of nitrogens with two attached hydrogens (primary N) is 1. The number of hydrogen-bond acceptors (Lipinski definition) is 6. The topological polar surface area (TPSA) is 119 Å². The summed E-state index contributed by atoms with van der Waals surface area (Å²) in [6.07, 6.45) is -1.59. The van der Waals surface area contributed by atoms with E-state index >= 15 is 0 Å². The molecule has 0 spiro atoms. The van der Waals surface area contributed by atoms with Gasteiger partial charge >= 0.3 is 5.97 Å². The van der Waals surface area contributed by atoms with Crippen molar-refractivity contribution in [3.8, 4) is 0 Å². The lowest BCUT2D eigenvalue weighted by atomic mass is 10.3. The Balaban J connectivity index is 2.85. The number of benzene rings is 1. The summed E-state index contributed by atoms with van der Waals surface area (Å²) in [4.78, 5) is 10.7. The van der Waals surface area contributed by atoms with Crippen LogP contribution in [-0.2, 0) is 19.6 Å². The van der Waals surface area contributed by atoms with Crippen LogP contribution in [0.2, 0.25) is 5.02 Å². The van der Waals surface area contributed by atoms with Gasteiger partial charge in [-0.2, -0.15) is 0 Å². The Labute approximate surface area is 115 Å². The van der Waals surface area contributed by atoms with Crippen LogP contribution in [0.25, 0.3) is 0 Å². The smallest absolute Gasteiger partial charge is 0.336 e. The summed E-state index contributed by atoms with van der Waals surface area (Å²) in [7, 11) is -2.87. The van der Waals surface area contributed by atoms with Crippen molar-refractivity contribution in [3.63, 3.8) is 0 Å². The van der Waals surface area contributed by atoms with Crippen LogP contribution < -0.4 is 10.5 Å². The first kappa shape index (κ1) is 15.7. The molecule has 0 fully saturated rings. The first-order valence-electron chi connectivity index (χ1n) is 5.08. The fourth-order valence-corrected chi connectivity index (χ4v) is 2.81. The molecule has 0 saturated carbocycles. The molecule has 19 heavy (non-hydrogen) atoms. The van der Waals surface area contributed by atoms with Gasteiger partial charge in [0.05, 0.1) is 12.1 Å². The molecule has 1 unspecified atom stereocenters. The molecule has 0 heterocycles. The maximum Gasteiger partial charge on any atom is 0.336 e. The Morgan fingerprint density at radius 3 is 2.74 bits per heavy atom. The second-order valence-electron chi connectivity index (χ2n) is 3.58. The second-order valence-corrected chi connectivity index (χ2v) is 5.72. The SMILES string of the molecule is COC(=O)C(O)CNS(=O)(=O)c1ccc(N)cc1Cl. The van der Waals surface area contributed by atoms with Crippen molar-refractivity contribution in [2.24, 2.45) is 0 Å². The summed E-state index contributed by atoms with van der Waals surface area (Å²) in [5, 5.41) is 9.23. The van der Waals surface area contributed by atoms with E-state index in [-0.39, 0.29) is 9.92 Å². The Morgan fingerprint density at radius 1 is 1.58 bits per heavy atom. The third-order valence-corrected chi connectivity index (χ3v) is 4.09. The van der Waals surface area contributed by atoms with E-state index < -0.39 is 28.6 Å². The van der Waals surface area contributed by atoms with Gasteiger partial charge in [0.25, 0.3) is 0 Å². The number of nitrogen functional groups attached to an aromatic ring is 1. The zero-order valence-corrected chi connectivity index (χ0v) is 11.5. The number of carbonyl (C=O) groups excluding carboxylic acids is 1. The van der Waals surface area contributed by atoms with Gasteiger partial charge in [-0.05, 0) is 18.2 Å². The van der Waals surface area contributed by atoms with E-state index in [0.29, 0.717) is 5.69 Å². The molecule has 1 atom stereocenters. The fourth-order valence-electron chi connectivity index (χ4n) is 1.22. The van der Waals surface area contributed by atoms with Gasteiger partial charge in [-0.25, -0.2) is 17.9 Å². The van der Waals surface area contributed by atoms with Crippen molar-refractivity contribution in [3.05, 3.63) is 23.2 Å². The molecule has 0 aliphatic carbocycles. The van der Waals surface area contributed by atoms with Gasteiger partial charge in [-0.15, -0.1) is 0 Å². The van der Waals surface area contributed by atoms with Crippen molar-refractivity contribution in [2.45, 2.75) is 11.0 Å². The van der Waals surface area contributed by atoms with Crippen LogP contribution in [0.4, 0.5) is 5.69 Å². The number of carbonyl (C=O) groups is 1. The summed E-state index contributed by atoms with van der Waals surface area (Å²) in [6, 6.07) is 3.88. The Kier molecular flexibility index (Phi) is 5.12. The molecule has 0 aliphatic rings. The van der Waals surface area contributed by atoms with Gasteiger partial charge < -0.3 is 15.6 Å². The van der Waals surface area contributed by atoms with Gasteiger partial charge in [-0.3, -0.25) is 0 Å². The molecule has 1 aromatic carbocycles. The van der Waals surface area contributed by atoms with Gasteiger partial charge in [0.15, 0.2) is 6.10 Å². The number of anilines is 1. The van der Waals surface area contributed by atoms with Crippen LogP contribution >= 0.6 is 11.6 Å². The molecule has 0 amide bonds. The predicted octanol–water partition coefficient (Wildman–Crippen LogP) is -0.266. The lowest BCUT2D eigenvalue weighted by Gasteiger charge is -2.11. The van der Waals surface area contributed by atoms with Crippen molar-refractivity contribution in [2.75, 3.05) is 19.4 Å². The number of esters is 1. The molecule has 0 radical (unpaired) electrons. The van der Waals surface area contributed by atoms with Gasteiger partial charge in [-0.1, -0.05) is 11.6 Å². The first-order chi connectivity index (χ1) is 8.77. The molecular formula is C10H13ClN2O5S. The van der Waals surface area contributed by atoms with E-state index in [9.17, 15) is 18.3 Å². The van der Waals surface area contributed by atoms with E-state index in [1.165, 1.54) is 18.2 Å². The number of halogens is 1. The van der Waals surface area contributed by atoms with Crippen molar-refractivity contribution in [1.29, 1.82) is 0 Å². The second kappa shape index (κ2) is 6.20. The van der Waals surface area contributed by atoms with Gasteiger partial charge in [0.2, 0.25) is 10.0 Å². The molecule has 0 aliphatic heterocycles. The van der Waals surface area contributed by atoms with E-state index in [1.807, 2.05) is 4.72 Å². The summed E-state index contributed by atoms with van der Waals surface area (Å²) in [5.74, 6) is -0.939. The molecule has 1 aromatic rings. The summed E-state index contributed by atoms with van der Waals surface area (Å²) in [5.41, 5.74) is 5.77. The highest BCUT2D eigenvalue weighted by molar-refractivity contribution is 7.89. The molecule has 0 saturated heterocycles. The Bertz CT molecular complexity index is 575. The molecule has 7 nitrogen and oxygen atoms in total. The molecule has 9 heteroatoms. The predicted molar refractivity (Wildman–Crippen MR) is 69.1 cm³/mol. The van der Waals surface area contributed by atoms with Crippen LogP contribution in [0.1, 0.15) is 0 Å². The van der Waals surface area contributed by atoms with Crippen molar-refractivity contribution >= 4 is 33.3 Å². The van der Waals surface area contributed by atoms with Crippen molar-refractivity contribution in [1.82, 2.24) is 4.72 Å². The Hall–Kier alpha value is -1.35. The van der Waals surface area contributed by atoms with Crippen LogP contribution in [0, 0.1) is 0 Å². The highest BCUT2D eigenvalue weighted by Gasteiger charge is 2.22. The average Bonchev–Trinajstić information content (AvgIpc) is 2.34. The number of ether oxygens (including phenoxy) is 1. The van der Waals surface area contributed by atoms with E-state index in [2.05, 4.69) is 4.74 Å².